The Kier molecular flexibility index (Phi) is 5.05. The monoisotopic (exact) mass is 256 g/mol. The second kappa shape index (κ2) is 6.36. The quantitative estimate of drug-likeness (QED) is 0.822. The fraction of sp³-hybridized carbons (Fsp3) is 1.00. The summed E-state index contributed by atoms with van der Waals surface area (Å²) in [7, 11) is 0. The largest absolute Gasteiger partial charge is 0.390 e. The van der Waals surface area contributed by atoms with Gasteiger partial charge in [-0.25, -0.2) is 0 Å². The molecule has 0 amide bonds. The summed E-state index contributed by atoms with van der Waals surface area (Å²) in [6, 6.07) is 0. The molecule has 2 aliphatic heterocycles. The van der Waals surface area contributed by atoms with Gasteiger partial charge in [-0.15, -0.1) is 0 Å². The van der Waals surface area contributed by atoms with E-state index in [-0.39, 0.29) is 6.10 Å². The molecule has 0 aliphatic carbocycles. The molecule has 0 aromatic carbocycles. The van der Waals surface area contributed by atoms with E-state index in [0.29, 0.717) is 18.6 Å². The molecule has 3 atom stereocenters. The first-order chi connectivity index (χ1) is 8.59. The molecule has 0 spiro atoms. The summed E-state index contributed by atoms with van der Waals surface area (Å²) in [4.78, 5) is 0. The van der Waals surface area contributed by atoms with Gasteiger partial charge < -0.3 is 14.6 Å². The van der Waals surface area contributed by atoms with Crippen LogP contribution in [0.15, 0.2) is 0 Å². The van der Waals surface area contributed by atoms with Crippen molar-refractivity contribution in [3.8, 4) is 0 Å². The normalized spacial score (nSPS) is 37.3. The molecule has 0 radical (unpaired) electrons. The summed E-state index contributed by atoms with van der Waals surface area (Å²) in [5.74, 6) is 0.495. The predicted octanol–water partition coefficient (Wildman–Crippen LogP) is 2.90. The SMILES string of the molecule is CC(C)C1CC(O)(CCCC2CCCO2)CCO1. The maximum absolute atomic E-state index is 10.6. The van der Waals surface area contributed by atoms with Crippen LogP contribution < -0.4 is 0 Å². The van der Waals surface area contributed by atoms with E-state index in [0.717, 1.165) is 38.7 Å². The summed E-state index contributed by atoms with van der Waals surface area (Å²) >= 11 is 0. The van der Waals surface area contributed by atoms with Gasteiger partial charge in [-0.3, -0.25) is 0 Å². The summed E-state index contributed by atoms with van der Waals surface area (Å²) in [5.41, 5.74) is -0.494. The van der Waals surface area contributed by atoms with Gasteiger partial charge in [0, 0.05) is 19.6 Å². The molecule has 2 aliphatic rings. The van der Waals surface area contributed by atoms with Gasteiger partial charge in [-0.2, -0.15) is 0 Å². The topological polar surface area (TPSA) is 38.7 Å². The number of ether oxygens (including phenoxy) is 2. The third-order valence-electron chi connectivity index (χ3n) is 4.42. The smallest absolute Gasteiger partial charge is 0.0694 e. The Morgan fingerprint density at radius 2 is 2.11 bits per heavy atom. The fourth-order valence-electron chi connectivity index (χ4n) is 3.12. The molecule has 2 heterocycles. The maximum Gasteiger partial charge on any atom is 0.0694 e. The Morgan fingerprint density at radius 3 is 2.78 bits per heavy atom. The lowest BCUT2D eigenvalue weighted by Crippen LogP contribution is -2.42. The second-order valence-electron chi connectivity index (χ2n) is 6.36. The van der Waals surface area contributed by atoms with Gasteiger partial charge in [-0.05, 0) is 44.4 Å². The van der Waals surface area contributed by atoms with Crippen LogP contribution in [-0.2, 0) is 9.47 Å². The van der Waals surface area contributed by atoms with Crippen LogP contribution in [0.1, 0.15) is 58.8 Å². The molecule has 1 N–H and O–H groups in total. The Bertz CT molecular complexity index is 248. The van der Waals surface area contributed by atoms with E-state index in [1.165, 1.54) is 12.8 Å². The zero-order valence-electron chi connectivity index (χ0n) is 11.9. The molecule has 3 unspecified atom stereocenters. The second-order valence-corrected chi connectivity index (χ2v) is 6.36. The molecule has 0 aromatic rings. The lowest BCUT2D eigenvalue weighted by molar-refractivity contribution is -0.121. The van der Waals surface area contributed by atoms with Crippen LogP contribution >= 0.6 is 0 Å². The molecular formula is C15H28O3. The highest BCUT2D eigenvalue weighted by Gasteiger charge is 2.35. The molecular weight excluding hydrogens is 228 g/mol. The zero-order valence-corrected chi connectivity index (χ0v) is 11.9. The number of hydrogen-bond donors (Lipinski definition) is 1. The van der Waals surface area contributed by atoms with Crippen LogP contribution in [-0.4, -0.2) is 36.1 Å². The first-order valence-electron chi connectivity index (χ1n) is 7.55. The molecule has 2 fully saturated rings. The van der Waals surface area contributed by atoms with Crippen molar-refractivity contribution < 1.29 is 14.6 Å². The predicted molar refractivity (Wildman–Crippen MR) is 71.6 cm³/mol. The third kappa shape index (κ3) is 3.94. The van der Waals surface area contributed by atoms with Crippen LogP contribution in [0.4, 0.5) is 0 Å². The van der Waals surface area contributed by atoms with Crippen molar-refractivity contribution >= 4 is 0 Å². The first-order valence-corrected chi connectivity index (χ1v) is 7.55. The van der Waals surface area contributed by atoms with E-state index in [9.17, 15) is 5.11 Å². The molecule has 2 saturated heterocycles. The molecule has 2 rings (SSSR count). The van der Waals surface area contributed by atoms with Crippen LogP contribution in [0.5, 0.6) is 0 Å². The minimum Gasteiger partial charge on any atom is -0.390 e. The van der Waals surface area contributed by atoms with Crippen molar-refractivity contribution in [1.29, 1.82) is 0 Å². The van der Waals surface area contributed by atoms with E-state index >= 15 is 0 Å². The van der Waals surface area contributed by atoms with Gasteiger partial charge in [-0.1, -0.05) is 13.8 Å². The van der Waals surface area contributed by atoms with E-state index in [1.54, 1.807) is 0 Å². The minimum atomic E-state index is -0.494. The van der Waals surface area contributed by atoms with Crippen molar-refractivity contribution in [2.45, 2.75) is 76.6 Å². The van der Waals surface area contributed by atoms with Gasteiger partial charge >= 0.3 is 0 Å². The minimum absolute atomic E-state index is 0.228. The lowest BCUT2D eigenvalue weighted by Gasteiger charge is -2.38. The number of rotatable bonds is 5. The van der Waals surface area contributed by atoms with Crippen molar-refractivity contribution in [3.63, 3.8) is 0 Å². The standard InChI is InChI=1S/C15H28O3/c1-12(2)14-11-15(16,8-10-18-14)7-3-5-13-6-4-9-17-13/h12-14,16H,3-11H2,1-2H3. The molecule has 0 bridgehead atoms. The van der Waals surface area contributed by atoms with E-state index in [2.05, 4.69) is 13.8 Å². The Morgan fingerprint density at radius 1 is 1.28 bits per heavy atom. The Balaban J connectivity index is 1.72. The number of aliphatic hydroxyl groups is 1. The van der Waals surface area contributed by atoms with E-state index in [1.807, 2.05) is 0 Å². The highest BCUT2D eigenvalue weighted by Crippen LogP contribution is 2.33. The Labute approximate surface area is 111 Å². The van der Waals surface area contributed by atoms with Crippen molar-refractivity contribution in [1.82, 2.24) is 0 Å². The Hall–Kier alpha value is -0.120. The third-order valence-corrected chi connectivity index (χ3v) is 4.42. The lowest BCUT2D eigenvalue weighted by atomic mass is 9.82. The molecule has 3 nitrogen and oxygen atoms in total. The number of hydrogen-bond acceptors (Lipinski definition) is 3. The van der Waals surface area contributed by atoms with Gasteiger partial charge in [0.25, 0.3) is 0 Å². The molecule has 0 aromatic heterocycles. The van der Waals surface area contributed by atoms with Gasteiger partial charge in [0.2, 0.25) is 0 Å². The first kappa shape index (κ1) is 14.3. The summed E-state index contributed by atoms with van der Waals surface area (Å²) in [6.45, 7) is 5.98. The van der Waals surface area contributed by atoms with Crippen LogP contribution in [0.3, 0.4) is 0 Å². The van der Waals surface area contributed by atoms with Crippen LogP contribution in [0.25, 0.3) is 0 Å². The average Bonchev–Trinajstić information content (AvgIpc) is 2.82. The maximum atomic E-state index is 10.6. The molecule has 106 valence electrons. The van der Waals surface area contributed by atoms with Crippen molar-refractivity contribution in [2.75, 3.05) is 13.2 Å². The van der Waals surface area contributed by atoms with Crippen LogP contribution in [0, 0.1) is 5.92 Å². The molecule has 18 heavy (non-hydrogen) atoms. The van der Waals surface area contributed by atoms with Gasteiger partial charge in [0.1, 0.15) is 0 Å². The van der Waals surface area contributed by atoms with Crippen LogP contribution in [0.2, 0.25) is 0 Å². The highest BCUT2D eigenvalue weighted by atomic mass is 16.5. The van der Waals surface area contributed by atoms with Crippen molar-refractivity contribution in [3.05, 3.63) is 0 Å². The fourth-order valence-corrected chi connectivity index (χ4v) is 3.12. The van der Waals surface area contributed by atoms with Gasteiger partial charge in [0.15, 0.2) is 0 Å². The molecule has 0 saturated carbocycles. The van der Waals surface area contributed by atoms with E-state index in [4.69, 9.17) is 9.47 Å². The average molecular weight is 256 g/mol. The summed E-state index contributed by atoms with van der Waals surface area (Å²) in [6.07, 6.45) is 7.77. The van der Waals surface area contributed by atoms with Crippen molar-refractivity contribution in [2.24, 2.45) is 5.92 Å². The van der Waals surface area contributed by atoms with E-state index < -0.39 is 5.60 Å². The van der Waals surface area contributed by atoms with Gasteiger partial charge in [0.05, 0.1) is 17.8 Å². The molecule has 3 heteroatoms. The summed E-state index contributed by atoms with van der Waals surface area (Å²) in [5, 5.41) is 10.6. The zero-order chi connectivity index (χ0) is 13.0. The highest BCUT2D eigenvalue weighted by molar-refractivity contribution is 4.87. The summed E-state index contributed by atoms with van der Waals surface area (Å²) < 4.78 is 11.4.